The second kappa shape index (κ2) is 5.74. The number of thiophene rings is 1. The third-order valence-electron chi connectivity index (χ3n) is 4.48. The van der Waals surface area contributed by atoms with E-state index in [2.05, 4.69) is 16.4 Å². The van der Waals surface area contributed by atoms with E-state index < -0.39 is 0 Å². The molecule has 1 N–H and O–H groups in total. The van der Waals surface area contributed by atoms with Gasteiger partial charge in [-0.25, -0.2) is 4.99 Å². The van der Waals surface area contributed by atoms with Crippen molar-refractivity contribution in [3.63, 3.8) is 0 Å². The number of hydrogen-bond acceptors (Lipinski definition) is 3. The highest BCUT2D eigenvalue weighted by atomic mass is 32.1. The first-order valence-corrected chi connectivity index (χ1v) is 8.70. The highest BCUT2D eigenvalue weighted by Gasteiger charge is 2.33. The smallest absolute Gasteiger partial charge is 0.287 e. The van der Waals surface area contributed by atoms with E-state index in [4.69, 9.17) is 0 Å². The van der Waals surface area contributed by atoms with Gasteiger partial charge in [0, 0.05) is 17.2 Å². The summed E-state index contributed by atoms with van der Waals surface area (Å²) >= 11 is 1.38. The Labute approximate surface area is 138 Å². The van der Waals surface area contributed by atoms with E-state index in [9.17, 15) is 9.59 Å². The lowest BCUT2D eigenvalue weighted by atomic mass is 9.77. The summed E-state index contributed by atoms with van der Waals surface area (Å²) in [4.78, 5) is 29.1. The van der Waals surface area contributed by atoms with Gasteiger partial charge in [0.05, 0.1) is 10.6 Å². The number of rotatable bonds is 1. The molecule has 3 aliphatic rings. The Morgan fingerprint density at radius 1 is 1.30 bits per heavy atom. The van der Waals surface area contributed by atoms with Crippen molar-refractivity contribution < 1.29 is 9.59 Å². The van der Waals surface area contributed by atoms with Gasteiger partial charge in [0.1, 0.15) is 0 Å². The van der Waals surface area contributed by atoms with Crippen molar-refractivity contribution in [2.75, 3.05) is 0 Å². The van der Waals surface area contributed by atoms with Gasteiger partial charge in [0.25, 0.3) is 11.8 Å². The Hall–Kier alpha value is -2.27. The summed E-state index contributed by atoms with van der Waals surface area (Å²) in [7, 11) is 0. The maximum atomic E-state index is 12.3. The van der Waals surface area contributed by atoms with Gasteiger partial charge in [-0.05, 0) is 54.9 Å². The van der Waals surface area contributed by atoms with Crippen LogP contribution in [0.3, 0.4) is 0 Å². The standard InChI is InChI=1S/C18H16N2O2S/c21-17-14-5-2-1-4-12(14)13-8-7-11(10-15(13)20-17)19-18(22)16-6-3-9-23-16/h3,6-10,13H,1-2,4-5H2,(H,20,21). The zero-order chi connectivity index (χ0) is 15.8. The van der Waals surface area contributed by atoms with Gasteiger partial charge < -0.3 is 5.32 Å². The maximum absolute atomic E-state index is 12.3. The third kappa shape index (κ3) is 2.61. The van der Waals surface area contributed by atoms with E-state index in [-0.39, 0.29) is 17.7 Å². The quantitative estimate of drug-likeness (QED) is 0.861. The second-order valence-electron chi connectivity index (χ2n) is 5.92. The van der Waals surface area contributed by atoms with Crippen molar-refractivity contribution >= 4 is 28.9 Å². The Kier molecular flexibility index (Phi) is 3.58. The highest BCUT2D eigenvalue weighted by Crippen LogP contribution is 2.38. The van der Waals surface area contributed by atoms with Gasteiger partial charge in [-0.1, -0.05) is 12.1 Å². The van der Waals surface area contributed by atoms with Crippen molar-refractivity contribution in [2.45, 2.75) is 25.7 Å². The van der Waals surface area contributed by atoms with E-state index >= 15 is 0 Å². The number of nitrogens with zero attached hydrogens (tertiary/aromatic N) is 1. The molecule has 4 rings (SSSR count). The van der Waals surface area contributed by atoms with Crippen LogP contribution in [0.25, 0.3) is 0 Å². The van der Waals surface area contributed by atoms with Crippen molar-refractivity contribution in [2.24, 2.45) is 10.9 Å². The molecule has 0 radical (unpaired) electrons. The third-order valence-corrected chi connectivity index (χ3v) is 5.34. The molecule has 1 aliphatic heterocycles. The highest BCUT2D eigenvalue weighted by molar-refractivity contribution is 7.12. The fourth-order valence-electron chi connectivity index (χ4n) is 3.39. The molecular formula is C18H16N2O2S. The minimum absolute atomic E-state index is 0.0152. The average molecular weight is 324 g/mol. The largest absolute Gasteiger partial charge is 0.325 e. The summed E-state index contributed by atoms with van der Waals surface area (Å²) in [5.74, 6) is -0.0881. The molecule has 1 aromatic rings. The average Bonchev–Trinajstić information content (AvgIpc) is 3.09. The molecule has 0 fully saturated rings. The number of hydrogen-bond donors (Lipinski definition) is 1. The van der Waals surface area contributed by atoms with Gasteiger partial charge in [0.15, 0.2) is 0 Å². The zero-order valence-electron chi connectivity index (χ0n) is 12.5. The molecule has 0 spiro atoms. The molecule has 2 aliphatic carbocycles. The summed E-state index contributed by atoms with van der Waals surface area (Å²) in [5.41, 5.74) is 3.63. The lowest BCUT2D eigenvalue weighted by molar-refractivity contribution is -0.117. The summed E-state index contributed by atoms with van der Waals surface area (Å²) in [5, 5.41) is 4.84. The first-order chi connectivity index (χ1) is 11.2. The Morgan fingerprint density at radius 3 is 3.00 bits per heavy atom. The Bertz CT molecular complexity index is 797. The molecule has 4 nitrogen and oxygen atoms in total. The molecule has 1 aromatic heterocycles. The predicted octanol–water partition coefficient (Wildman–Crippen LogP) is 3.40. The topological polar surface area (TPSA) is 58.5 Å². The number of aliphatic imine (C=N–C) groups is 1. The molecule has 1 unspecified atom stereocenters. The summed E-state index contributed by atoms with van der Waals surface area (Å²) in [6.07, 6.45) is 9.84. The van der Waals surface area contributed by atoms with Crippen LogP contribution in [-0.2, 0) is 4.79 Å². The van der Waals surface area contributed by atoms with Gasteiger partial charge in [0.2, 0.25) is 0 Å². The van der Waals surface area contributed by atoms with Gasteiger partial charge in [-0.15, -0.1) is 11.3 Å². The number of fused-ring (bicyclic) bond motifs is 2. The lowest BCUT2D eigenvalue weighted by Crippen LogP contribution is -2.37. The Balaban J connectivity index is 1.64. The van der Waals surface area contributed by atoms with E-state index in [1.165, 1.54) is 16.9 Å². The summed E-state index contributed by atoms with van der Waals surface area (Å²) < 4.78 is 0. The number of amides is 2. The van der Waals surface area contributed by atoms with Crippen LogP contribution in [0.5, 0.6) is 0 Å². The first kappa shape index (κ1) is 14.3. The molecule has 1 atom stereocenters. The molecule has 2 amide bonds. The molecule has 0 saturated heterocycles. The van der Waals surface area contributed by atoms with Crippen LogP contribution in [0.1, 0.15) is 35.4 Å². The minimum Gasteiger partial charge on any atom is -0.325 e. The zero-order valence-corrected chi connectivity index (χ0v) is 13.4. The monoisotopic (exact) mass is 324 g/mol. The van der Waals surface area contributed by atoms with Gasteiger partial charge >= 0.3 is 0 Å². The molecule has 0 saturated carbocycles. The molecule has 0 aromatic carbocycles. The first-order valence-electron chi connectivity index (χ1n) is 7.82. The van der Waals surface area contributed by atoms with Crippen LogP contribution in [0.2, 0.25) is 0 Å². The minimum atomic E-state index is -0.241. The second-order valence-corrected chi connectivity index (χ2v) is 6.87. The molecule has 5 heteroatoms. The maximum Gasteiger partial charge on any atom is 0.287 e. The predicted molar refractivity (Wildman–Crippen MR) is 90.4 cm³/mol. The van der Waals surface area contributed by atoms with Crippen LogP contribution >= 0.6 is 11.3 Å². The van der Waals surface area contributed by atoms with Gasteiger partial charge in [-0.2, -0.15) is 0 Å². The number of carbonyl (C=O) groups is 2. The van der Waals surface area contributed by atoms with E-state index in [0.29, 0.717) is 10.6 Å². The van der Waals surface area contributed by atoms with E-state index in [1.54, 1.807) is 6.07 Å². The van der Waals surface area contributed by atoms with Crippen molar-refractivity contribution in [3.8, 4) is 0 Å². The van der Waals surface area contributed by atoms with Crippen LogP contribution < -0.4 is 5.32 Å². The molecule has 0 bridgehead atoms. The number of carbonyl (C=O) groups excluding carboxylic acids is 2. The van der Waals surface area contributed by atoms with Crippen molar-refractivity contribution in [1.29, 1.82) is 0 Å². The Morgan fingerprint density at radius 2 is 2.17 bits per heavy atom. The van der Waals surface area contributed by atoms with Crippen LogP contribution in [-0.4, -0.2) is 17.5 Å². The number of allylic oxidation sites excluding steroid dienone is 3. The lowest BCUT2D eigenvalue weighted by Gasteiger charge is -2.33. The summed E-state index contributed by atoms with van der Waals surface area (Å²) in [6, 6.07) is 3.60. The van der Waals surface area contributed by atoms with Crippen LogP contribution in [0, 0.1) is 5.92 Å². The van der Waals surface area contributed by atoms with E-state index in [1.807, 2.05) is 23.6 Å². The summed E-state index contributed by atoms with van der Waals surface area (Å²) in [6.45, 7) is 0. The molecular weight excluding hydrogens is 308 g/mol. The molecule has 2 heterocycles. The normalized spacial score (nSPS) is 24.9. The van der Waals surface area contributed by atoms with Gasteiger partial charge in [-0.3, -0.25) is 9.59 Å². The van der Waals surface area contributed by atoms with Crippen LogP contribution in [0.15, 0.2) is 57.6 Å². The number of nitrogens with one attached hydrogen (secondary N) is 1. The fraction of sp³-hybridized carbons (Fsp3) is 0.278. The SMILES string of the molecule is O=C1NC2=CC(=NC(=O)c3cccs3)C=CC2C2=C1CCCC2. The van der Waals surface area contributed by atoms with Crippen molar-refractivity contribution in [1.82, 2.24) is 5.32 Å². The fourth-order valence-corrected chi connectivity index (χ4v) is 4.00. The van der Waals surface area contributed by atoms with E-state index in [0.717, 1.165) is 37.0 Å². The molecule has 116 valence electrons. The van der Waals surface area contributed by atoms with Crippen LogP contribution in [0.4, 0.5) is 0 Å². The molecule has 23 heavy (non-hydrogen) atoms. The van der Waals surface area contributed by atoms with Crippen molar-refractivity contribution in [3.05, 3.63) is 57.5 Å².